The maximum atomic E-state index is 13.6. The Labute approximate surface area is 200 Å². The lowest BCUT2D eigenvalue weighted by atomic mass is 9.94. The van der Waals surface area contributed by atoms with Crippen LogP contribution in [-0.2, 0) is 6.42 Å². The van der Waals surface area contributed by atoms with Gasteiger partial charge in [-0.05, 0) is 60.9 Å². The van der Waals surface area contributed by atoms with Crippen molar-refractivity contribution in [1.82, 2.24) is 20.4 Å². The topological polar surface area (TPSA) is 71.3 Å². The molecule has 0 spiro atoms. The summed E-state index contributed by atoms with van der Waals surface area (Å²) in [5, 5.41) is 7.07. The molecule has 1 N–H and O–H groups in total. The molecule has 0 radical (unpaired) electrons. The van der Waals surface area contributed by atoms with Crippen molar-refractivity contribution in [3.63, 3.8) is 0 Å². The molecule has 176 valence electrons. The van der Waals surface area contributed by atoms with Gasteiger partial charge < -0.3 is 9.84 Å². The number of hydrogen-bond acceptors (Lipinski definition) is 4. The summed E-state index contributed by atoms with van der Waals surface area (Å²) in [5.41, 5.74) is 3.65. The summed E-state index contributed by atoms with van der Waals surface area (Å²) < 4.78 is 32.6. The van der Waals surface area contributed by atoms with Crippen molar-refractivity contribution in [2.45, 2.75) is 19.4 Å². The number of halogens is 2. The zero-order chi connectivity index (χ0) is 24.4. The zero-order valence-corrected chi connectivity index (χ0v) is 18.9. The Morgan fingerprint density at radius 1 is 0.943 bits per heavy atom. The number of nitrogens with zero attached hydrogens (tertiary/aromatic N) is 3. The van der Waals surface area contributed by atoms with Crippen LogP contribution in [0, 0.1) is 11.6 Å². The number of benzene rings is 3. The summed E-state index contributed by atoms with van der Waals surface area (Å²) >= 11 is 0. The highest BCUT2D eigenvalue weighted by molar-refractivity contribution is 5.86. The second-order valence-electron chi connectivity index (χ2n) is 8.25. The lowest BCUT2D eigenvalue weighted by Crippen LogP contribution is -2.46. The van der Waals surface area contributed by atoms with E-state index in [1.165, 1.54) is 24.3 Å². The van der Waals surface area contributed by atoms with Crippen molar-refractivity contribution in [3.8, 4) is 11.4 Å². The standard InChI is InChI=1S/C27H22F2N4O2/c1-17-23(26-31-25(32-35-26)20-9-13-22(29)14-10-20)24(19-7-11-21(28)12-8-19)30-27(34)33(17)16-15-18-5-3-2-4-6-18/h2-14,24H,15-16H2,1H3,(H,30,34). The summed E-state index contributed by atoms with van der Waals surface area (Å²) in [6, 6.07) is 20.7. The summed E-state index contributed by atoms with van der Waals surface area (Å²) in [6.07, 6.45) is 0.657. The van der Waals surface area contributed by atoms with Gasteiger partial charge in [-0.25, -0.2) is 13.6 Å². The molecule has 4 aromatic rings. The van der Waals surface area contributed by atoms with Gasteiger partial charge >= 0.3 is 6.03 Å². The number of hydrogen-bond donors (Lipinski definition) is 1. The van der Waals surface area contributed by atoms with Gasteiger partial charge in [-0.2, -0.15) is 4.98 Å². The van der Waals surface area contributed by atoms with E-state index in [1.54, 1.807) is 29.2 Å². The van der Waals surface area contributed by atoms with E-state index in [0.29, 0.717) is 41.2 Å². The molecule has 1 atom stereocenters. The Balaban J connectivity index is 1.54. The minimum absolute atomic E-state index is 0.223. The number of aromatic nitrogens is 2. The fourth-order valence-electron chi connectivity index (χ4n) is 4.17. The van der Waals surface area contributed by atoms with Crippen molar-refractivity contribution in [1.29, 1.82) is 0 Å². The minimum Gasteiger partial charge on any atom is -0.334 e. The molecule has 0 saturated carbocycles. The van der Waals surface area contributed by atoms with Crippen LogP contribution in [0.5, 0.6) is 0 Å². The average Bonchev–Trinajstić information content (AvgIpc) is 3.35. The third kappa shape index (κ3) is 4.68. The van der Waals surface area contributed by atoms with Crippen LogP contribution in [0.4, 0.5) is 13.6 Å². The maximum absolute atomic E-state index is 13.6. The first-order valence-electron chi connectivity index (χ1n) is 11.2. The van der Waals surface area contributed by atoms with Crippen LogP contribution in [0.3, 0.4) is 0 Å². The Morgan fingerprint density at radius 3 is 2.29 bits per heavy atom. The molecule has 1 aromatic heterocycles. The summed E-state index contributed by atoms with van der Waals surface area (Å²) in [6.45, 7) is 2.28. The highest BCUT2D eigenvalue weighted by Gasteiger charge is 2.35. The third-order valence-corrected chi connectivity index (χ3v) is 6.03. The first-order valence-corrected chi connectivity index (χ1v) is 11.2. The number of rotatable bonds is 6. The molecule has 5 rings (SSSR count). The van der Waals surface area contributed by atoms with Gasteiger partial charge in [0.2, 0.25) is 5.82 Å². The van der Waals surface area contributed by atoms with Crippen LogP contribution in [0.2, 0.25) is 0 Å². The molecule has 6 nitrogen and oxygen atoms in total. The van der Waals surface area contributed by atoms with E-state index in [1.807, 2.05) is 37.3 Å². The van der Waals surface area contributed by atoms with E-state index in [9.17, 15) is 13.6 Å². The monoisotopic (exact) mass is 472 g/mol. The smallest absolute Gasteiger partial charge is 0.322 e. The van der Waals surface area contributed by atoms with Gasteiger partial charge in [-0.15, -0.1) is 0 Å². The second-order valence-corrected chi connectivity index (χ2v) is 8.25. The number of amides is 2. The Kier molecular flexibility index (Phi) is 6.10. The van der Waals surface area contributed by atoms with E-state index >= 15 is 0 Å². The second kappa shape index (κ2) is 9.50. The summed E-state index contributed by atoms with van der Waals surface area (Å²) in [7, 11) is 0. The van der Waals surface area contributed by atoms with Gasteiger partial charge in [0.15, 0.2) is 0 Å². The fraction of sp³-hybridized carbons (Fsp3) is 0.148. The first-order chi connectivity index (χ1) is 17.0. The lowest BCUT2D eigenvalue weighted by Gasteiger charge is -2.35. The van der Waals surface area contributed by atoms with E-state index in [2.05, 4.69) is 15.5 Å². The molecule has 0 fully saturated rings. The van der Waals surface area contributed by atoms with E-state index in [-0.39, 0.29) is 23.6 Å². The molecule has 0 aliphatic carbocycles. The minimum atomic E-state index is -0.613. The zero-order valence-electron chi connectivity index (χ0n) is 18.9. The van der Waals surface area contributed by atoms with E-state index < -0.39 is 6.04 Å². The van der Waals surface area contributed by atoms with Gasteiger partial charge in [-0.3, -0.25) is 4.90 Å². The fourth-order valence-corrected chi connectivity index (χ4v) is 4.17. The number of urea groups is 1. The van der Waals surface area contributed by atoms with Crippen molar-refractivity contribution in [2.24, 2.45) is 0 Å². The van der Waals surface area contributed by atoms with Crippen molar-refractivity contribution in [2.75, 3.05) is 6.54 Å². The molecular formula is C27H22F2N4O2. The van der Waals surface area contributed by atoms with Gasteiger partial charge in [-0.1, -0.05) is 47.6 Å². The number of carbonyl (C=O) groups excluding carboxylic acids is 1. The third-order valence-electron chi connectivity index (χ3n) is 6.03. The Morgan fingerprint density at radius 2 is 1.60 bits per heavy atom. The van der Waals surface area contributed by atoms with Crippen molar-refractivity contribution >= 4 is 11.6 Å². The molecular weight excluding hydrogens is 450 g/mol. The molecule has 1 aliphatic heterocycles. The number of carbonyl (C=O) groups is 1. The number of nitrogens with one attached hydrogen (secondary N) is 1. The van der Waals surface area contributed by atoms with E-state index in [4.69, 9.17) is 4.52 Å². The molecule has 3 aromatic carbocycles. The molecule has 35 heavy (non-hydrogen) atoms. The van der Waals surface area contributed by atoms with E-state index in [0.717, 1.165) is 5.56 Å². The highest BCUT2D eigenvalue weighted by Crippen LogP contribution is 2.37. The van der Waals surface area contributed by atoms with Crippen LogP contribution in [0.25, 0.3) is 17.0 Å². The summed E-state index contributed by atoms with van der Waals surface area (Å²) in [5.74, 6) is -0.220. The average molecular weight is 472 g/mol. The summed E-state index contributed by atoms with van der Waals surface area (Å²) in [4.78, 5) is 19.3. The maximum Gasteiger partial charge on any atom is 0.322 e. The lowest BCUT2D eigenvalue weighted by molar-refractivity contribution is 0.205. The SMILES string of the molecule is CC1=C(c2nc(-c3ccc(F)cc3)no2)C(c2ccc(F)cc2)NC(=O)N1CCc1ccccc1. The van der Waals surface area contributed by atoms with Gasteiger partial charge in [0, 0.05) is 17.8 Å². The van der Waals surface area contributed by atoms with Crippen molar-refractivity contribution in [3.05, 3.63) is 113 Å². The highest BCUT2D eigenvalue weighted by atomic mass is 19.1. The quantitative estimate of drug-likeness (QED) is 0.388. The predicted octanol–water partition coefficient (Wildman–Crippen LogP) is 5.76. The van der Waals surface area contributed by atoms with Crippen molar-refractivity contribution < 1.29 is 18.1 Å². The van der Waals surface area contributed by atoms with Gasteiger partial charge in [0.05, 0.1) is 11.6 Å². The predicted molar refractivity (Wildman–Crippen MR) is 127 cm³/mol. The first kappa shape index (κ1) is 22.5. The molecule has 0 saturated heterocycles. The molecule has 2 heterocycles. The molecule has 1 unspecified atom stereocenters. The Hall–Kier alpha value is -4.33. The van der Waals surface area contributed by atoms with Gasteiger partial charge in [0.25, 0.3) is 5.89 Å². The normalized spacial score (nSPS) is 15.9. The van der Waals surface area contributed by atoms with Gasteiger partial charge in [0.1, 0.15) is 11.6 Å². The van der Waals surface area contributed by atoms with Crippen LogP contribution in [0.1, 0.15) is 30.0 Å². The largest absolute Gasteiger partial charge is 0.334 e. The number of allylic oxidation sites excluding steroid dienone is 1. The molecule has 8 heteroatoms. The molecule has 2 amide bonds. The Bertz CT molecular complexity index is 1370. The van der Waals surface area contributed by atoms with Crippen LogP contribution in [0.15, 0.2) is 89.1 Å². The van der Waals surface area contributed by atoms with Crippen LogP contribution in [-0.4, -0.2) is 27.6 Å². The van der Waals surface area contributed by atoms with Crippen LogP contribution >= 0.6 is 0 Å². The molecule has 0 bridgehead atoms. The van der Waals surface area contributed by atoms with Crippen LogP contribution < -0.4 is 5.32 Å². The molecule has 1 aliphatic rings.